The van der Waals surface area contributed by atoms with E-state index in [9.17, 15) is 24.6 Å². The Morgan fingerprint density at radius 3 is 2.42 bits per heavy atom. The summed E-state index contributed by atoms with van der Waals surface area (Å²) in [5, 5.41) is 40.6. The minimum atomic E-state index is -1.18. The molecule has 0 aliphatic carbocycles. The van der Waals surface area contributed by atoms with Gasteiger partial charge in [-0.1, -0.05) is 68.3 Å². The molecule has 0 aliphatic rings. The number of carboxylic acid groups (broad SMARTS) is 2. The molecule has 1 aromatic carbocycles. The number of benzene rings is 1. The summed E-state index contributed by atoms with van der Waals surface area (Å²) in [5.41, 5.74) is 7.51. The Hall–Kier alpha value is -0.660. The zero-order valence-corrected chi connectivity index (χ0v) is 22.8. The molecule has 9 nitrogen and oxygen atoms in total. The van der Waals surface area contributed by atoms with Crippen molar-refractivity contribution in [3.05, 3.63) is 53.6 Å². The second-order valence-electron chi connectivity index (χ2n) is 9.12. The minimum absolute atomic E-state index is 0. The second-order valence-corrected chi connectivity index (χ2v) is 10.3. The van der Waals surface area contributed by atoms with Crippen molar-refractivity contribution in [3.8, 4) is 0 Å². The van der Waals surface area contributed by atoms with Gasteiger partial charge in [0.2, 0.25) is 5.91 Å². The molecule has 7 N–H and O–H groups in total. The number of aliphatic carboxylic acids is 2. The third-order valence-corrected chi connectivity index (χ3v) is 7.21. The number of allylic oxidation sites excluding steroid dienone is 1. The van der Waals surface area contributed by atoms with Gasteiger partial charge in [0.25, 0.3) is 0 Å². The summed E-state index contributed by atoms with van der Waals surface area (Å²) >= 11 is 1.25. The van der Waals surface area contributed by atoms with Crippen LogP contribution in [0.15, 0.2) is 42.5 Å². The molecule has 40 heavy (non-hydrogen) atoms. The topological polar surface area (TPSA) is 170 Å². The van der Waals surface area contributed by atoms with Gasteiger partial charge in [0.05, 0.1) is 23.5 Å². The number of rotatable bonds is 20. The molecule has 3 unspecified atom stereocenters. The molecule has 12 heteroatoms. The van der Waals surface area contributed by atoms with Crippen LogP contribution in [0.4, 0.5) is 0 Å². The van der Waals surface area contributed by atoms with E-state index in [-0.39, 0.29) is 84.1 Å². The van der Waals surface area contributed by atoms with E-state index in [2.05, 4.69) is 18.3 Å². The summed E-state index contributed by atoms with van der Waals surface area (Å²) in [4.78, 5) is 33.7. The van der Waals surface area contributed by atoms with Gasteiger partial charge in [-0.2, -0.15) is 0 Å². The summed E-state index contributed by atoms with van der Waals surface area (Å²) in [6.07, 6.45) is 11.6. The van der Waals surface area contributed by atoms with Crippen molar-refractivity contribution in [1.29, 1.82) is 0 Å². The first-order valence-electron chi connectivity index (χ1n) is 13.0. The third-order valence-electron chi connectivity index (χ3n) is 5.71. The first-order valence-corrected chi connectivity index (χ1v) is 14.1. The number of thioether (sulfide) groups is 1. The van der Waals surface area contributed by atoms with Gasteiger partial charge in [-0.15, -0.1) is 11.8 Å². The Morgan fingerprint density at radius 1 is 1.05 bits per heavy atom. The van der Waals surface area contributed by atoms with Crippen molar-refractivity contribution in [2.24, 2.45) is 5.73 Å². The van der Waals surface area contributed by atoms with Crippen LogP contribution in [-0.4, -0.2) is 128 Å². The molecule has 0 aromatic heterocycles. The summed E-state index contributed by atoms with van der Waals surface area (Å²) in [6.45, 7) is 1.63. The van der Waals surface area contributed by atoms with Crippen LogP contribution in [0, 0.1) is 0 Å². The van der Waals surface area contributed by atoms with E-state index in [4.69, 9.17) is 15.9 Å². The number of nitrogens with two attached hydrogens (primary N) is 1. The van der Waals surface area contributed by atoms with E-state index in [1.54, 1.807) is 6.08 Å². The number of hydrogen-bond acceptors (Lipinski definition) is 7. The summed E-state index contributed by atoms with van der Waals surface area (Å²) in [6, 6.07) is 6.42. The number of carbonyl (C=O) groups excluding carboxylic acids is 1. The molecule has 0 heterocycles. The van der Waals surface area contributed by atoms with Gasteiger partial charge in [0.15, 0.2) is 0 Å². The zero-order chi connectivity index (χ0) is 28.3. The first kappa shape index (κ1) is 41.5. The number of hydrogen-bond donors (Lipinski definition) is 6. The van der Waals surface area contributed by atoms with Crippen LogP contribution in [0.5, 0.6) is 0 Å². The third kappa shape index (κ3) is 19.5. The van der Waals surface area contributed by atoms with E-state index in [1.165, 1.54) is 24.6 Å². The summed E-state index contributed by atoms with van der Waals surface area (Å²) in [5.74, 6) is -2.61. The maximum atomic E-state index is 12.1. The van der Waals surface area contributed by atoms with Crippen LogP contribution < -0.4 is 11.1 Å². The fourth-order valence-electron chi connectivity index (χ4n) is 3.63. The molecule has 0 saturated carbocycles. The van der Waals surface area contributed by atoms with Crippen molar-refractivity contribution in [2.75, 3.05) is 12.3 Å². The van der Waals surface area contributed by atoms with Crippen LogP contribution in [0.25, 0.3) is 6.08 Å². The summed E-state index contributed by atoms with van der Waals surface area (Å²) in [7, 11) is 0. The van der Waals surface area contributed by atoms with Gasteiger partial charge >= 0.3 is 71.1 Å². The van der Waals surface area contributed by atoms with E-state index in [0.29, 0.717) is 6.42 Å². The number of aliphatic hydroxyl groups excluding tert-OH is 2. The van der Waals surface area contributed by atoms with E-state index in [1.807, 2.05) is 36.4 Å². The van der Waals surface area contributed by atoms with E-state index in [0.717, 1.165) is 24.0 Å². The Bertz CT molecular complexity index is 934. The van der Waals surface area contributed by atoms with Crippen LogP contribution >= 0.6 is 11.8 Å². The van der Waals surface area contributed by atoms with Crippen LogP contribution in [-0.2, 0) is 14.4 Å². The number of unbranched alkanes of at least 4 members (excludes halogenated alkanes) is 3. The monoisotopic (exact) mass is 598 g/mol. The summed E-state index contributed by atoms with van der Waals surface area (Å²) < 4.78 is 0. The Morgan fingerprint density at radius 2 is 1.77 bits per heavy atom. The van der Waals surface area contributed by atoms with Gasteiger partial charge in [0, 0.05) is 12.2 Å². The van der Waals surface area contributed by atoms with E-state index < -0.39 is 47.9 Å². The average Bonchev–Trinajstić information content (AvgIpc) is 2.88. The van der Waals surface area contributed by atoms with Crippen LogP contribution in [0.3, 0.4) is 0 Å². The predicted molar refractivity (Wildman–Crippen MR) is 165 cm³/mol. The number of carbonyl (C=O) groups is 3. The Labute approximate surface area is 286 Å². The normalized spacial score (nSPS) is 14.1. The number of aliphatic hydroxyl groups is 2. The van der Waals surface area contributed by atoms with Gasteiger partial charge in [-0.3, -0.25) is 14.4 Å². The van der Waals surface area contributed by atoms with Gasteiger partial charge in [-0.05, 0) is 43.2 Å². The fraction of sp³-hybridized carbons (Fsp3) is 0.536. The average molecular weight is 599 g/mol. The molecule has 0 spiro atoms. The molecule has 0 aliphatic heterocycles. The van der Waals surface area contributed by atoms with Gasteiger partial charge < -0.3 is 31.5 Å². The van der Waals surface area contributed by atoms with Crippen molar-refractivity contribution in [1.82, 2.24) is 5.32 Å². The second kappa shape index (κ2) is 24.9. The zero-order valence-electron chi connectivity index (χ0n) is 22.0. The number of amides is 1. The van der Waals surface area contributed by atoms with Crippen molar-refractivity contribution < 1.29 is 34.8 Å². The molecule has 0 bridgehead atoms. The quantitative estimate of drug-likeness (QED) is 0.0748. The molecule has 1 aromatic rings. The number of carboxylic acids is 2. The Kier molecular flexibility index (Phi) is 25.8. The molecular formula is C28H44N2Na2O7S. The molecule has 216 valence electrons. The van der Waals surface area contributed by atoms with Crippen molar-refractivity contribution in [2.45, 2.75) is 81.8 Å². The SMILES string of the molecule is CCCCC/C=C/CC(O)/C=C/c1cccc(C(SC[C@H](N)C(=O)NCC(=O)O)C(O)CCCC(=O)O)c1.[NaH].[NaH]. The van der Waals surface area contributed by atoms with Crippen molar-refractivity contribution >= 4 is 94.8 Å². The maximum absolute atomic E-state index is 12.1. The predicted octanol–water partition coefficient (Wildman–Crippen LogP) is 2.21. The van der Waals surface area contributed by atoms with E-state index >= 15 is 0 Å². The Balaban J connectivity index is 0. The molecule has 4 atom stereocenters. The molecule has 1 rings (SSSR count). The molecule has 1 amide bonds. The molecule has 0 radical (unpaired) electrons. The van der Waals surface area contributed by atoms with Gasteiger partial charge in [-0.25, -0.2) is 0 Å². The van der Waals surface area contributed by atoms with Crippen molar-refractivity contribution in [3.63, 3.8) is 0 Å². The number of nitrogens with one attached hydrogen (secondary N) is 1. The van der Waals surface area contributed by atoms with Crippen LogP contribution in [0.1, 0.15) is 74.7 Å². The van der Waals surface area contributed by atoms with Gasteiger partial charge in [0.1, 0.15) is 6.54 Å². The van der Waals surface area contributed by atoms with Crippen LogP contribution in [0.2, 0.25) is 0 Å². The molecular weight excluding hydrogens is 554 g/mol. The first-order chi connectivity index (χ1) is 18.1. The molecule has 0 fully saturated rings. The molecule has 0 saturated heterocycles. The standard InChI is InChI=1S/C28H42N2O7S.2Na.2H/c1-2-3-4-5-6-7-12-22(31)16-15-20-10-8-11-21(17-20)27(24(32)13-9-14-25(33)34)38-19-23(29)28(37)30-18-26(35)36;;;;/h6-8,10-11,15-17,22-24,27,31-32H,2-5,9,12-14,18-19,29H2,1H3,(H,30,37)(H,33,34)(H,35,36);;;;/b7-6+,16-15+;;;;/t22?,23-,24?,27?;;;;/m0..../s1. The fourth-order valence-corrected chi connectivity index (χ4v) is 4.89.